The van der Waals surface area contributed by atoms with Crippen LogP contribution < -0.4 is 9.47 Å². The second kappa shape index (κ2) is 7.94. The maximum absolute atomic E-state index is 9.59. The van der Waals surface area contributed by atoms with Gasteiger partial charge in [0.1, 0.15) is 6.07 Å². The number of aromatic nitrogens is 1. The van der Waals surface area contributed by atoms with Gasteiger partial charge in [0, 0.05) is 31.0 Å². The molecule has 0 atom stereocenters. The standard InChI is InChI=1S/C21H23N3O2/c1-4-23(13-16-8-9-20(25-2)21(11-16)26-3)14-17-15-24-10-6-5-7-19(24)18(17)12-22/h5-11,15H,4,13-14H2,1-3H3. The summed E-state index contributed by atoms with van der Waals surface area (Å²) in [6.45, 7) is 4.50. The molecule has 3 rings (SSSR count). The number of rotatable bonds is 7. The Balaban J connectivity index is 1.84. The zero-order valence-corrected chi connectivity index (χ0v) is 15.4. The molecule has 1 aromatic carbocycles. The average molecular weight is 349 g/mol. The van der Waals surface area contributed by atoms with Gasteiger partial charge >= 0.3 is 0 Å². The van der Waals surface area contributed by atoms with Crippen molar-refractivity contribution in [3.05, 3.63) is 65.5 Å². The van der Waals surface area contributed by atoms with Crippen LogP contribution in [0.5, 0.6) is 11.5 Å². The molecule has 5 nitrogen and oxygen atoms in total. The maximum Gasteiger partial charge on any atom is 0.161 e. The SMILES string of the molecule is CCN(Cc1ccc(OC)c(OC)c1)Cc1cn2ccccc2c1C#N. The van der Waals surface area contributed by atoms with E-state index in [-0.39, 0.29) is 0 Å². The van der Waals surface area contributed by atoms with Crippen molar-refractivity contribution in [3.8, 4) is 17.6 Å². The molecule has 0 aliphatic carbocycles. The number of pyridine rings is 1. The second-order valence-corrected chi connectivity index (χ2v) is 6.13. The molecule has 2 aromatic heterocycles. The predicted molar refractivity (Wildman–Crippen MR) is 101 cm³/mol. The summed E-state index contributed by atoms with van der Waals surface area (Å²) in [6.07, 6.45) is 4.02. The minimum Gasteiger partial charge on any atom is -0.493 e. The lowest BCUT2D eigenvalue weighted by atomic mass is 10.1. The van der Waals surface area contributed by atoms with Gasteiger partial charge in [-0.3, -0.25) is 4.90 Å². The van der Waals surface area contributed by atoms with Gasteiger partial charge in [-0.25, -0.2) is 0 Å². The van der Waals surface area contributed by atoms with Gasteiger partial charge < -0.3 is 13.9 Å². The first kappa shape index (κ1) is 17.8. The molecular formula is C21H23N3O2. The van der Waals surface area contributed by atoms with Crippen molar-refractivity contribution in [3.63, 3.8) is 0 Å². The van der Waals surface area contributed by atoms with Gasteiger partial charge in [0.05, 0.1) is 25.3 Å². The quantitative estimate of drug-likeness (QED) is 0.650. The highest BCUT2D eigenvalue weighted by molar-refractivity contribution is 5.65. The van der Waals surface area contributed by atoms with Crippen molar-refractivity contribution in [2.24, 2.45) is 0 Å². The summed E-state index contributed by atoms with van der Waals surface area (Å²) in [5.74, 6) is 1.46. The molecule has 0 aliphatic rings. The number of methoxy groups -OCH3 is 2. The molecule has 0 saturated carbocycles. The van der Waals surface area contributed by atoms with E-state index in [9.17, 15) is 5.26 Å². The third-order valence-electron chi connectivity index (χ3n) is 4.57. The van der Waals surface area contributed by atoms with Crippen LogP contribution in [0.1, 0.15) is 23.6 Å². The van der Waals surface area contributed by atoms with E-state index in [1.165, 1.54) is 0 Å². The highest BCUT2D eigenvalue weighted by Crippen LogP contribution is 2.28. The van der Waals surface area contributed by atoms with Crippen molar-refractivity contribution >= 4 is 5.52 Å². The average Bonchev–Trinajstić information content (AvgIpc) is 3.04. The molecule has 0 radical (unpaired) electrons. The van der Waals surface area contributed by atoms with Crippen LogP contribution in [0.3, 0.4) is 0 Å². The third-order valence-corrected chi connectivity index (χ3v) is 4.57. The Kier molecular flexibility index (Phi) is 5.45. The molecule has 0 unspecified atom stereocenters. The van der Waals surface area contributed by atoms with Gasteiger partial charge in [0.2, 0.25) is 0 Å². The molecule has 2 heterocycles. The number of nitriles is 1. The lowest BCUT2D eigenvalue weighted by Gasteiger charge is -2.21. The smallest absolute Gasteiger partial charge is 0.161 e. The van der Waals surface area contributed by atoms with E-state index in [2.05, 4.69) is 17.9 Å². The molecule has 0 N–H and O–H groups in total. The van der Waals surface area contributed by atoms with Gasteiger partial charge in [0.15, 0.2) is 11.5 Å². The van der Waals surface area contributed by atoms with Crippen molar-refractivity contribution in [1.82, 2.24) is 9.30 Å². The predicted octanol–water partition coefficient (Wildman–Crippen LogP) is 3.85. The van der Waals surface area contributed by atoms with E-state index in [4.69, 9.17) is 9.47 Å². The minimum atomic E-state index is 0.718. The molecule has 0 amide bonds. The Labute approximate surface area is 154 Å². The summed E-state index contributed by atoms with van der Waals surface area (Å²) >= 11 is 0. The number of fused-ring (bicyclic) bond motifs is 1. The number of ether oxygens (including phenoxy) is 2. The largest absolute Gasteiger partial charge is 0.493 e. The van der Waals surface area contributed by atoms with Crippen LogP contribution in [0, 0.1) is 11.3 Å². The van der Waals surface area contributed by atoms with Gasteiger partial charge in [-0.05, 0) is 36.4 Å². The van der Waals surface area contributed by atoms with E-state index >= 15 is 0 Å². The molecule has 5 heteroatoms. The summed E-state index contributed by atoms with van der Waals surface area (Å²) in [7, 11) is 3.28. The summed E-state index contributed by atoms with van der Waals surface area (Å²) < 4.78 is 12.7. The zero-order valence-electron chi connectivity index (χ0n) is 15.4. The molecule has 0 saturated heterocycles. The normalized spacial score (nSPS) is 10.9. The Morgan fingerprint density at radius 2 is 1.88 bits per heavy atom. The van der Waals surface area contributed by atoms with Gasteiger partial charge in [-0.2, -0.15) is 5.26 Å². The summed E-state index contributed by atoms with van der Waals surface area (Å²) in [5, 5.41) is 9.59. The topological polar surface area (TPSA) is 49.9 Å². The van der Waals surface area contributed by atoms with Crippen LogP contribution in [0.4, 0.5) is 0 Å². The zero-order chi connectivity index (χ0) is 18.5. The van der Waals surface area contributed by atoms with E-state index in [1.807, 2.05) is 53.2 Å². The lowest BCUT2D eigenvalue weighted by molar-refractivity contribution is 0.270. The first-order valence-corrected chi connectivity index (χ1v) is 8.62. The number of nitrogens with zero attached hydrogens (tertiary/aromatic N) is 3. The monoisotopic (exact) mass is 349 g/mol. The molecule has 3 aromatic rings. The molecule has 0 fully saturated rings. The van der Waals surface area contributed by atoms with Crippen molar-refractivity contribution < 1.29 is 9.47 Å². The molecule has 0 aliphatic heterocycles. The fraction of sp³-hybridized carbons (Fsp3) is 0.286. The molecule has 134 valence electrons. The summed E-state index contributed by atoms with van der Waals surface area (Å²) in [4.78, 5) is 2.30. The Hall–Kier alpha value is -2.97. The maximum atomic E-state index is 9.59. The van der Waals surface area contributed by atoms with Crippen LogP contribution in [0.2, 0.25) is 0 Å². The Morgan fingerprint density at radius 1 is 1.08 bits per heavy atom. The highest BCUT2D eigenvalue weighted by atomic mass is 16.5. The van der Waals surface area contributed by atoms with Gasteiger partial charge in [-0.1, -0.05) is 19.1 Å². The van der Waals surface area contributed by atoms with Crippen LogP contribution in [-0.2, 0) is 13.1 Å². The van der Waals surface area contributed by atoms with E-state index in [1.54, 1.807) is 14.2 Å². The molecule has 0 spiro atoms. The minimum absolute atomic E-state index is 0.718. The van der Waals surface area contributed by atoms with Gasteiger partial charge in [-0.15, -0.1) is 0 Å². The number of benzene rings is 1. The molecule has 0 bridgehead atoms. The van der Waals surface area contributed by atoms with Crippen LogP contribution in [0.15, 0.2) is 48.8 Å². The van der Waals surface area contributed by atoms with Crippen molar-refractivity contribution in [1.29, 1.82) is 5.26 Å². The van der Waals surface area contributed by atoms with Crippen molar-refractivity contribution in [2.75, 3.05) is 20.8 Å². The highest BCUT2D eigenvalue weighted by Gasteiger charge is 2.14. The third kappa shape index (κ3) is 3.51. The number of hydrogen-bond acceptors (Lipinski definition) is 4. The van der Waals surface area contributed by atoms with Crippen LogP contribution in [0.25, 0.3) is 5.52 Å². The molecule has 26 heavy (non-hydrogen) atoms. The second-order valence-electron chi connectivity index (χ2n) is 6.13. The Morgan fingerprint density at radius 3 is 2.58 bits per heavy atom. The first-order valence-electron chi connectivity index (χ1n) is 8.62. The van der Waals surface area contributed by atoms with Gasteiger partial charge in [0.25, 0.3) is 0 Å². The fourth-order valence-electron chi connectivity index (χ4n) is 3.18. The first-order chi connectivity index (χ1) is 12.7. The fourth-order valence-corrected chi connectivity index (χ4v) is 3.18. The van der Waals surface area contributed by atoms with E-state index in [0.717, 1.165) is 53.3 Å². The summed E-state index contributed by atoms with van der Waals surface area (Å²) in [5.41, 5.74) is 3.89. The molecular weight excluding hydrogens is 326 g/mol. The van der Waals surface area contributed by atoms with Crippen LogP contribution >= 0.6 is 0 Å². The van der Waals surface area contributed by atoms with Crippen molar-refractivity contribution in [2.45, 2.75) is 20.0 Å². The number of hydrogen-bond donors (Lipinski definition) is 0. The summed E-state index contributed by atoms with van der Waals surface area (Å²) in [6, 6.07) is 14.2. The van der Waals surface area contributed by atoms with E-state index < -0.39 is 0 Å². The lowest BCUT2D eigenvalue weighted by Crippen LogP contribution is -2.22. The van der Waals surface area contributed by atoms with Crippen LogP contribution in [-0.4, -0.2) is 30.1 Å². The Bertz CT molecular complexity index is 940. The van der Waals surface area contributed by atoms with E-state index in [0.29, 0.717) is 0 Å².